The van der Waals surface area contributed by atoms with Crippen molar-refractivity contribution in [2.45, 2.75) is 91.1 Å². The van der Waals surface area contributed by atoms with Gasteiger partial charge in [-0.2, -0.15) is 10.2 Å². The van der Waals surface area contributed by atoms with Crippen molar-refractivity contribution in [1.82, 2.24) is 10.2 Å². The van der Waals surface area contributed by atoms with Crippen LogP contribution >= 0.6 is 0 Å². The van der Waals surface area contributed by atoms with E-state index in [0.717, 1.165) is 23.2 Å². The number of ether oxygens (including phenoxy) is 1. The molecule has 0 aliphatic carbocycles. The minimum Gasteiger partial charge on any atom is -0.462 e. The average Bonchev–Trinajstić information content (AvgIpc) is 2.76. The summed E-state index contributed by atoms with van der Waals surface area (Å²) in [4.78, 5) is 11.1. The summed E-state index contributed by atoms with van der Waals surface area (Å²) in [5.41, 5.74) is 4.08. The zero-order chi connectivity index (χ0) is 22.3. The molecule has 2 aromatic rings. The second-order valence-corrected chi connectivity index (χ2v) is 8.14. The Morgan fingerprint density at radius 1 is 1.06 bits per heavy atom. The van der Waals surface area contributed by atoms with Crippen LogP contribution in [0.15, 0.2) is 36.5 Å². The molecular weight excluding hydrogens is 384 g/mol. The van der Waals surface area contributed by atoms with Gasteiger partial charge in [0.1, 0.15) is 6.10 Å². The van der Waals surface area contributed by atoms with Gasteiger partial charge in [0.2, 0.25) is 0 Å². The highest BCUT2D eigenvalue weighted by atomic mass is 16.5. The van der Waals surface area contributed by atoms with Gasteiger partial charge in [-0.25, -0.2) is 0 Å². The van der Waals surface area contributed by atoms with Gasteiger partial charge < -0.3 is 4.74 Å². The van der Waals surface area contributed by atoms with Crippen molar-refractivity contribution >= 4 is 5.97 Å². The molecular formula is C27H36N2O2. The first-order chi connectivity index (χ1) is 15.1. The zero-order valence-electron chi connectivity index (χ0n) is 19.3. The number of hydrogen-bond donors (Lipinski definition) is 0. The fourth-order valence-corrected chi connectivity index (χ4v) is 3.59. The van der Waals surface area contributed by atoms with Crippen molar-refractivity contribution in [1.29, 1.82) is 0 Å². The van der Waals surface area contributed by atoms with Crippen LogP contribution in [0.5, 0.6) is 0 Å². The largest absolute Gasteiger partial charge is 0.462 e. The Hall–Kier alpha value is -2.67. The predicted octanol–water partition coefficient (Wildman–Crippen LogP) is 6.52. The number of carbonyl (C=O) groups is 1. The highest BCUT2D eigenvalue weighted by Crippen LogP contribution is 2.23. The van der Waals surface area contributed by atoms with Gasteiger partial charge in [0.25, 0.3) is 0 Å². The number of hydrogen-bond acceptors (Lipinski definition) is 4. The smallest absolute Gasteiger partial charge is 0.302 e. The highest BCUT2D eigenvalue weighted by molar-refractivity contribution is 5.69. The number of carbonyl (C=O) groups excluding carboxylic acids is 1. The highest BCUT2D eigenvalue weighted by Gasteiger charge is 2.08. The molecule has 0 radical (unpaired) electrons. The lowest BCUT2D eigenvalue weighted by atomic mass is 9.97. The van der Waals surface area contributed by atoms with Crippen LogP contribution in [-0.2, 0) is 16.0 Å². The number of esters is 1. The maximum absolute atomic E-state index is 11.1. The van der Waals surface area contributed by atoms with E-state index in [4.69, 9.17) is 4.74 Å². The lowest BCUT2D eigenvalue weighted by Gasteiger charge is -2.09. The fourth-order valence-electron chi connectivity index (χ4n) is 3.59. The SMILES string of the molecule is CCCCCCCCCCc1ccc(C#CCC(C)OC(C)=O)c(-c2cccnn2)c1. The van der Waals surface area contributed by atoms with E-state index in [9.17, 15) is 4.79 Å². The standard InChI is InChI=1S/C27H36N2O2/c1-4-5-6-7-8-9-10-11-15-24-18-19-25(16-12-14-22(2)31-23(3)30)26(21-24)27-17-13-20-28-29-27/h13,17-22H,4-11,14-15H2,1-3H3. The second-order valence-electron chi connectivity index (χ2n) is 8.14. The Labute approximate surface area is 187 Å². The number of nitrogens with zero attached hydrogens (tertiary/aromatic N) is 2. The Morgan fingerprint density at radius 3 is 2.48 bits per heavy atom. The number of benzene rings is 1. The quantitative estimate of drug-likeness (QED) is 0.223. The Morgan fingerprint density at radius 2 is 1.81 bits per heavy atom. The normalized spacial score (nSPS) is 11.5. The first-order valence-corrected chi connectivity index (χ1v) is 11.7. The van der Waals surface area contributed by atoms with Crippen molar-refractivity contribution in [3.63, 3.8) is 0 Å². The summed E-state index contributed by atoms with van der Waals surface area (Å²) in [6.07, 6.45) is 13.6. The molecule has 0 spiro atoms. The lowest BCUT2D eigenvalue weighted by molar-refractivity contribution is -0.145. The molecule has 4 heteroatoms. The molecule has 166 valence electrons. The Balaban J connectivity index is 1.99. The Bertz CT molecular complexity index is 853. The van der Waals surface area contributed by atoms with Gasteiger partial charge >= 0.3 is 5.97 Å². The first-order valence-electron chi connectivity index (χ1n) is 11.7. The number of aryl methyl sites for hydroxylation is 1. The third-order valence-corrected chi connectivity index (χ3v) is 5.23. The van der Waals surface area contributed by atoms with Gasteiger partial charge in [-0.15, -0.1) is 0 Å². The van der Waals surface area contributed by atoms with Crippen molar-refractivity contribution in [3.05, 3.63) is 47.7 Å². The van der Waals surface area contributed by atoms with Gasteiger partial charge in [0.05, 0.1) is 5.69 Å². The Kier molecular flexibility index (Phi) is 11.4. The number of unbranched alkanes of at least 4 members (excludes halogenated alkanes) is 7. The van der Waals surface area contributed by atoms with E-state index in [2.05, 4.69) is 47.2 Å². The molecule has 0 aliphatic rings. The van der Waals surface area contributed by atoms with Crippen LogP contribution in [0.3, 0.4) is 0 Å². The molecule has 0 bridgehead atoms. The molecule has 2 rings (SSSR count). The molecule has 0 saturated heterocycles. The van der Waals surface area contributed by atoms with E-state index < -0.39 is 0 Å². The summed E-state index contributed by atoms with van der Waals surface area (Å²) in [5, 5.41) is 8.33. The molecule has 1 aromatic heterocycles. The molecule has 1 atom stereocenters. The van der Waals surface area contributed by atoms with Crippen LogP contribution < -0.4 is 0 Å². The van der Waals surface area contributed by atoms with Crippen molar-refractivity contribution in [2.24, 2.45) is 0 Å². The molecule has 0 amide bonds. The van der Waals surface area contributed by atoms with Crippen LogP contribution in [0.25, 0.3) is 11.3 Å². The molecule has 0 saturated carbocycles. The fraction of sp³-hybridized carbons (Fsp3) is 0.519. The molecule has 1 heterocycles. The minimum atomic E-state index is -0.278. The first kappa shape index (κ1) is 24.6. The third kappa shape index (κ3) is 9.79. The molecule has 0 N–H and O–H groups in total. The van der Waals surface area contributed by atoms with E-state index in [0.29, 0.717) is 6.42 Å². The van der Waals surface area contributed by atoms with Gasteiger partial charge in [0.15, 0.2) is 0 Å². The summed E-state index contributed by atoms with van der Waals surface area (Å²) >= 11 is 0. The lowest BCUT2D eigenvalue weighted by Crippen LogP contribution is -2.10. The van der Waals surface area contributed by atoms with E-state index in [1.54, 1.807) is 6.20 Å². The maximum atomic E-state index is 11.1. The second kappa shape index (κ2) is 14.4. The monoisotopic (exact) mass is 420 g/mol. The zero-order valence-corrected chi connectivity index (χ0v) is 19.3. The molecule has 1 unspecified atom stereocenters. The van der Waals surface area contributed by atoms with Crippen LogP contribution in [0.4, 0.5) is 0 Å². The van der Waals surface area contributed by atoms with Crippen LogP contribution in [-0.4, -0.2) is 22.3 Å². The molecule has 1 aromatic carbocycles. The summed E-state index contributed by atoms with van der Waals surface area (Å²) in [6.45, 7) is 5.53. The maximum Gasteiger partial charge on any atom is 0.302 e. The van der Waals surface area contributed by atoms with Gasteiger partial charge in [0, 0.05) is 30.7 Å². The average molecular weight is 421 g/mol. The van der Waals surface area contributed by atoms with Crippen molar-refractivity contribution in [3.8, 4) is 23.1 Å². The van der Waals surface area contributed by atoms with E-state index in [1.807, 2.05) is 19.1 Å². The van der Waals surface area contributed by atoms with Crippen LogP contribution in [0.2, 0.25) is 0 Å². The van der Waals surface area contributed by atoms with E-state index in [-0.39, 0.29) is 12.1 Å². The van der Waals surface area contributed by atoms with Gasteiger partial charge in [-0.3, -0.25) is 4.79 Å². The topological polar surface area (TPSA) is 52.1 Å². The van der Waals surface area contributed by atoms with Crippen LogP contribution in [0.1, 0.15) is 89.7 Å². The summed E-state index contributed by atoms with van der Waals surface area (Å²) < 4.78 is 5.15. The van der Waals surface area contributed by atoms with Gasteiger partial charge in [-0.1, -0.05) is 69.8 Å². The van der Waals surface area contributed by atoms with Crippen molar-refractivity contribution < 1.29 is 9.53 Å². The minimum absolute atomic E-state index is 0.216. The molecule has 0 fully saturated rings. The molecule has 31 heavy (non-hydrogen) atoms. The van der Waals surface area contributed by atoms with E-state index >= 15 is 0 Å². The summed E-state index contributed by atoms with van der Waals surface area (Å²) in [5.74, 6) is 6.10. The number of aromatic nitrogens is 2. The predicted molar refractivity (Wildman–Crippen MR) is 127 cm³/mol. The summed E-state index contributed by atoms with van der Waals surface area (Å²) in [6, 6.07) is 10.3. The van der Waals surface area contributed by atoms with E-state index in [1.165, 1.54) is 63.9 Å². The van der Waals surface area contributed by atoms with Crippen LogP contribution in [0, 0.1) is 11.8 Å². The van der Waals surface area contributed by atoms with Gasteiger partial charge in [-0.05, 0) is 49.6 Å². The van der Waals surface area contributed by atoms with Crippen molar-refractivity contribution in [2.75, 3.05) is 0 Å². The number of rotatable bonds is 12. The third-order valence-electron chi connectivity index (χ3n) is 5.23. The summed E-state index contributed by atoms with van der Waals surface area (Å²) in [7, 11) is 0. The molecule has 0 aliphatic heterocycles. The molecule has 4 nitrogen and oxygen atoms in total.